The van der Waals surface area contributed by atoms with E-state index in [1.807, 2.05) is 0 Å². The van der Waals surface area contributed by atoms with Gasteiger partial charge in [-0.1, -0.05) is 0 Å². The van der Waals surface area contributed by atoms with Gasteiger partial charge in [-0.15, -0.1) is 12.3 Å². The van der Waals surface area contributed by atoms with Crippen molar-refractivity contribution in [2.75, 3.05) is 6.61 Å². The van der Waals surface area contributed by atoms with Crippen molar-refractivity contribution < 1.29 is 9.09 Å². The van der Waals surface area contributed by atoms with Crippen LogP contribution in [0.1, 0.15) is 19.3 Å². The first kappa shape index (κ1) is 8.62. The first-order valence-corrected chi connectivity index (χ1v) is 3.53. The zero-order valence-electron chi connectivity index (χ0n) is 5.17. The average molecular weight is 144 g/mol. The van der Waals surface area contributed by atoms with Crippen LogP contribution in [0.4, 0.5) is 0 Å². The molecule has 0 aromatic heterocycles. The maximum Gasteiger partial charge on any atom is 0.327 e. The fourth-order valence-electron chi connectivity index (χ4n) is 0.431. The molecule has 0 aromatic carbocycles. The molecule has 0 amide bonds. The lowest BCUT2D eigenvalue weighted by Gasteiger charge is -1.90. The second kappa shape index (κ2) is 7.62. The van der Waals surface area contributed by atoms with Crippen molar-refractivity contribution in [2.45, 2.75) is 19.3 Å². The van der Waals surface area contributed by atoms with Crippen LogP contribution in [0.3, 0.4) is 0 Å². The molecule has 0 heterocycles. The van der Waals surface area contributed by atoms with E-state index in [1.54, 1.807) is 0 Å². The molecule has 0 fully saturated rings. The Kier molecular flexibility index (Phi) is 7.30. The summed E-state index contributed by atoms with van der Waals surface area (Å²) in [4.78, 5) is 0. The summed E-state index contributed by atoms with van der Waals surface area (Å²) in [5.41, 5.74) is 0. The van der Waals surface area contributed by atoms with Crippen LogP contribution in [-0.4, -0.2) is 6.61 Å². The van der Waals surface area contributed by atoms with Crippen LogP contribution in [-0.2, 0) is 9.09 Å². The molecular weight excluding hydrogens is 135 g/mol. The van der Waals surface area contributed by atoms with Crippen molar-refractivity contribution in [1.29, 1.82) is 0 Å². The van der Waals surface area contributed by atoms with Gasteiger partial charge < -0.3 is 0 Å². The van der Waals surface area contributed by atoms with Gasteiger partial charge in [0.2, 0.25) is 0 Å². The fraction of sp³-hybridized carbons (Fsp3) is 0.667. The second-order valence-corrected chi connectivity index (χ2v) is 1.98. The molecule has 0 saturated carbocycles. The van der Waals surface area contributed by atoms with Gasteiger partial charge in [-0.25, -0.2) is 4.57 Å². The third kappa shape index (κ3) is 7.62. The zero-order chi connectivity index (χ0) is 6.95. The number of terminal acetylenes is 1. The van der Waals surface area contributed by atoms with Crippen molar-refractivity contribution in [2.24, 2.45) is 0 Å². The van der Waals surface area contributed by atoms with Crippen molar-refractivity contribution in [3.63, 3.8) is 0 Å². The lowest BCUT2D eigenvalue weighted by atomic mass is 10.2. The molecule has 50 valence electrons. The Morgan fingerprint density at radius 3 is 2.89 bits per heavy atom. The Morgan fingerprint density at radius 2 is 2.33 bits per heavy atom. The van der Waals surface area contributed by atoms with E-state index < -0.39 is 0 Å². The average Bonchev–Trinajstić information content (AvgIpc) is 1.89. The van der Waals surface area contributed by atoms with Crippen molar-refractivity contribution >= 4 is 8.69 Å². The lowest BCUT2D eigenvalue weighted by Crippen LogP contribution is -1.82. The van der Waals surface area contributed by atoms with Crippen molar-refractivity contribution in [1.82, 2.24) is 0 Å². The molecule has 0 rings (SSSR count). The summed E-state index contributed by atoms with van der Waals surface area (Å²) in [6.07, 6.45) is 7.60. The van der Waals surface area contributed by atoms with E-state index in [9.17, 15) is 4.57 Å². The summed E-state index contributed by atoms with van der Waals surface area (Å²) in [5.74, 6) is 2.51. The maximum atomic E-state index is 9.67. The number of rotatable bonds is 5. The fourth-order valence-corrected chi connectivity index (χ4v) is 0.635. The van der Waals surface area contributed by atoms with Gasteiger partial charge in [-0.2, -0.15) is 0 Å². The standard InChI is InChI=1S/C6H9O2P/c1-2-3-4-5-6-8-9-7/h1H,3-6H2. The zero-order valence-corrected chi connectivity index (χ0v) is 6.06. The van der Waals surface area contributed by atoms with Crippen LogP contribution in [0.2, 0.25) is 0 Å². The molecule has 0 aliphatic rings. The molecule has 0 unspecified atom stereocenters. The van der Waals surface area contributed by atoms with Crippen LogP contribution >= 0.6 is 8.69 Å². The highest BCUT2D eigenvalue weighted by Gasteiger charge is 1.85. The van der Waals surface area contributed by atoms with Gasteiger partial charge in [0, 0.05) is 6.42 Å². The van der Waals surface area contributed by atoms with Gasteiger partial charge in [0.05, 0.1) is 6.61 Å². The molecule has 0 N–H and O–H groups in total. The molecule has 2 nitrogen and oxygen atoms in total. The number of hydrogen-bond acceptors (Lipinski definition) is 2. The van der Waals surface area contributed by atoms with E-state index in [4.69, 9.17) is 6.42 Å². The summed E-state index contributed by atoms with van der Waals surface area (Å²) in [5, 5.41) is 0. The minimum Gasteiger partial charge on any atom is -0.294 e. The first-order chi connectivity index (χ1) is 4.41. The molecule has 0 aliphatic carbocycles. The Labute approximate surface area is 56.9 Å². The van der Waals surface area contributed by atoms with Gasteiger partial charge in [0.15, 0.2) is 0 Å². The highest BCUT2D eigenvalue weighted by atomic mass is 31.1. The quantitative estimate of drug-likeness (QED) is 0.335. The first-order valence-electron chi connectivity index (χ1n) is 2.80. The summed E-state index contributed by atoms with van der Waals surface area (Å²) in [6, 6.07) is 0. The summed E-state index contributed by atoms with van der Waals surface area (Å²) < 4.78 is 14.2. The monoisotopic (exact) mass is 144 g/mol. The summed E-state index contributed by atoms with van der Waals surface area (Å²) in [6.45, 7) is 0.534. The minimum atomic E-state index is -0.237. The van der Waals surface area contributed by atoms with Crippen LogP contribution in [0, 0.1) is 12.3 Å². The van der Waals surface area contributed by atoms with E-state index in [2.05, 4.69) is 10.4 Å². The Hall–Kier alpha value is -0.380. The highest BCUT2D eigenvalue weighted by molar-refractivity contribution is 7.17. The third-order valence-electron chi connectivity index (χ3n) is 0.859. The van der Waals surface area contributed by atoms with Crippen LogP contribution in [0.15, 0.2) is 0 Å². The molecule has 0 aromatic rings. The molecule has 0 aliphatic heterocycles. The normalized spacial score (nSPS) is 9.22. The maximum absolute atomic E-state index is 9.67. The van der Waals surface area contributed by atoms with Crippen molar-refractivity contribution in [3.8, 4) is 12.3 Å². The molecule has 0 saturated heterocycles. The molecule has 0 spiro atoms. The van der Waals surface area contributed by atoms with E-state index in [1.165, 1.54) is 0 Å². The van der Waals surface area contributed by atoms with Gasteiger partial charge >= 0.3 is 8.69 Å². The van der Waals surface area contributed by atoms with E-state index in [0.717, 1.165) is 19.3 Å². The van der Waals surface area contributed by atoms with Crippen molar-refractivity contribution in [3.05, 3.63) is 0 Å². The van der Waals surface area contributed by atoms with Crippen LogP contribution in [0.5, 0.6) is 0 Å². The Bertz CT molecular complexity index is 106. The second-order valence-electron chi connectivity index (χ2n) is 1.57. The molecule has 9 heavy (non-hydrogen) atoms. The van der Waals surface area contributed by atoms with Gasteiger partial charge in [0.1, 0.15) is 0 Å². The minimum absolute atomic E-state index is 0.237. The predicted octanol–water partition coefficient (Wildman–Crippen LogP) is 2.01. The SMILES string of the molecule is C#CCCCCOP=O. The summed E-state index contributed by atoms with van der Waals surface area (Å²) in [7, 11) is -0.237. The largest absolute Gasteiger partial charge is 0.327 e. The van der Waals surface area contributed by atoms with E-state index in [0.29, 0.717) is 6.61 Å². The Balaban J connectivity index is 2.76. The number of hydrogen-bond donors (Lipinski definition) is 0. The van der Waals surface area contributed by atoms with Gasteiger partial charge in [-0.05, 0) is 12.8 Å². The van der Waals surface area contributed by atoms with Gasteiger partial charge in [0.25, 0.3) is 0 Å². The molecular formula is C6H9O2P. The molecule has 0 atom stereocenters. The predicted molar refractivity (Wildman–Crippen MR) is 36.2 cm³/mol. The molecule has 3 heteroatoms. The van der Waals surface area contributed by atoms with E-state index >= 15 is 0 Å². The van der Waals surface area contributed by atoms with Gasteiger partial charge in [-0.3, -0.25) is 4.52 Å². The smallest absolute Gasteiger partial charge is 0.294 e. The lowest BCUT2D eigenvalue weighted by molar-refractivity contribution is 0.332. The van der Waals surface area contributed by atoms with Crippen LogP contribution < -0.4 is 0 Å². The number of unbranched alkanes of at least 4 members (excludes halogenated alkanes) is 2. The summed E-state index contributed by atoms with van der Waals surface area (Å²) >= 11 is 0. The molecule has 0 radical (unpaired) electrons. The Morgan fingerprint density at radius 1 is 1.56 bits per heavy atom. The molecule has 0 bridgehead atoms. The van der Waals surface area contributed by atoms with E-state index in [-0.39, 0.29) is 8.69 Å². The van der Waals surface area contributed by atoms with Crippen LogP contribution in [0.25, 0.3) is 0 Å². The topological polar surface area (TPSA) is 26.3 Å². The highest BCUT2D eigenvalue weighted by Crippen LogP contribution is 1.99. The third-order valence-corrected chi connectivity index (χ3v) is 1.15.